The highest BCUT2D eigenvalue weighted by atomic mass is 16.5. The van der Waals surface area contributed by atoms with E-state index in [2.05, 4.69) is 31.0 Å². The lowest BCUT2D eigenvalue weighted by molar-refractivity contribution is 0.0209. The van der Waals surface area contributed by atoms with Gasteiger partial charge in [0.15, 0.2) is 0 Å². The molecule has 1 fully saturated rings. The van der Waals surface area contributed by atoms with Crippen LogP contribution in [-0.4, -0.2) is 49.8 Å². The third kappa shape index (κ3) is 4.81. The molecule has 0 aromatic carbocycles. The minimum absolute atomic E-state index is 0.106. The van der Waals surface area contributed by atoms with Crippen molar-refractivity contribution in [2.75, 3.05) is 39.3 Å². The summed E-state index contributed by atoms with van der Waals surface area (Å²) in [5.74, 6) is 0. The molecule has 0 bridgehead atoms. The Labute approximate surface area is 101 Å². The molecule has 1 heterocycles. The van der Waals surface area contributed by atoms with Crippen molar-refractivity contribution in [2.24, 2.45) is 0 Å². The van der Waals surface area contributed by atoms with Crippen LogP contribution in [0.4, 0.5) is 0 Å². The maximum absolute atomic E-state index is 5.74. The van der Waals surface area contributed by atoms with Gasteiger partial charge in [0, 0.05) is 13.2 Å². The van der Waals surface area contributed by atoms with Crippen molar-refractivity contribution in [3.8, 4) is 0 Å². The molecule has 0 amide bonds. The largest absolute Gasteiger partial charge is 0.374 e. The molecule has 1 unspecified atom stereocenters. The summed E-state index contributed by atoms with van der Waals surface area (Å²) in [6, 6.07) is 0. The molecule has 16 heavy (non-hydrogen) atoms. The van der Waals surface area contributed by atoms with E-state index in [0.717, 1.165) is 32.8 Å². The fourth-order valence-electron chi connectivity index (χ4n) is 2.30. The van der Waals surface area contributed by atoms with Crippen molar-refractivity contribution < 1.29 is 4.74 Å². The van der Waals surface area contributed by atoms with Crippen LogP contribution in [0, 0.1) is 0 Å². The van der Waals surface area contributed by atoms with Crippen LogP contribution >= 0.6 is 0 Å². The van der Waals surface area contributed by atoms with Crippen LogP contribution in [-0.2, 0) is 4.74 Å². The Kier molecular flexibility index (Phi) is 6.32. The van der Waals surface area contributed by atoms with Crippen molar-refractivity contribution in [1.82, 2.24) is 10.2 Å². The van der Waals surface area contributed by atoms with Gasteiger partial charge in [-0.25, -0.2) is 0 Å². The first-order valence-electron chi connectivity index (χ1n) is 6.77. The standard InChI is InChI=1S/C13H28N2O/c1-4-15(5-2)10-7-9-14-12-13(3)8-6-11-16-13/h14H,4-12H2,1-3H3. The summed E-state index contributed by atoms with van der Waals surface area (Å²) in [6.45, 7) is 13.3. The zero-order valence-corrected chi connectivity index (χ0v) is 11.2. The number of nitrogens with one attached hydrogen (secondary N) is 1. The number of rotatable bonds is 8. The van der Waals surface area contributed by atoms with Crippen molar-refractivity contribution >= 4 is 0 Å². The summed E-state index contributed by atoms with van der Waals surface area (Å²) >= 11 is 0. The third-order valence-electron chi connectivity index (χ3n) is 3.52. The first-order valence-corrected chi connectivity index (χ1v) is 6.77. The number of hydrogen-bond acceptors (Lipinski definition) is 3. The average Bonchev–Trinajstić information content (AvgIpc) is 2.71. The Morgan fingerprint density at radius 3 is 2.62 bits per heavy atom. The highest BCUT2D eigenvalue weighted by Gasteiger charge is 2.28. The van der Waals surface area contributed by atoms with E-state index in [4.69, 9.17) is 4.74 Å². The Bertz CT molecular complexity index is 175. The first-order chi connectivity index (χ1) is 7.70. The molecule has 0 saturated carbocycles. The monoisotopic (exact) mass is 228 g/mol. The van der Waals surface area contributed by atoms with Gasteiger partial charge in [0.2, 0.25) is 0 Å². The number of hydrogen-bond donors (Lipinski definition) is 1. The van der Waals surface area contributed by atoms with Crippen LogP contribution in [0.2, 0.25) is 0 Å². The topological polar surface area (TPSA) is 24.5 Å². The minimum atomic E-state index is 0.106. The molecule has 1 aliphatic heterocycles. The number of ether oxygens (including phenoxy) is 1. The van der Waals surface area contributed by atoms with Gasteiger partial charge in [-0.15, -0.1) is 0 Å². The molecule has 0 radical (unpaired) electrons. The quantitative estimate of drug-likeness (QED) is 0.642. The first kappa shape index (κ1) is 13.9. The predicted molar refractivity (Wildman–Crippen MR) is 68.9 cm³/mol. The van der Waals surface area contributed by atoms with Gasteiger partial charge >= 0.3 is 0 Å². The maximum atomic E-state index is 5.74. The highest BCUT2D eigenvalue weighted by molar-refractivity contribution is 4.82. The third-order valence-corrected chi connectivity index (χ3v) is 3.52. The van der Waals surface area contributed by atoms with Gasteiger partial charge in [0.1, 0.15) is 0 Å². The lowest BCUT2D eigenvalue weighted by atomic mass is 10.0. The van der Waals surface area contributed by atoms with E-state index in [0.29, 0.717) is 0 Å². The van der Waals surface area contributed by atoms with E-state index in [-0.39, 0.29) is 5.60 Å². The highest BCUT2D eigenvalue weighted by Crippen LogP contribution is 2.23. The van der Waals surface area contributed by atoms with Gasteiger partial charge in [0.05, 0.1) is 5.60 Å². The van der Waals surface area contributed by atoms with E-state index < -0.39 is 0 Å². The summed E-state index contributed by atoms with van der Waals surface area (Å²) in [7, 11) is 0. The van der Waals surface area contributed by atoms with Crippen molar-refractivity contribution in [2.45, 2.75) is 45.6 Å². The molecule has 3 heteroatoms. The zero-order chi connectivity index (χ0) is 11.9. The molecule has 1 aliphatic rings. The molecule has 0 aliphatic carbocycles. The van der Waals surface area contributed by atoms with Gasteiger partial charge in [-0.1, -0.05) is 13.8 Å². The molecule has 1 atom stereocenters. The SMILES string of the molecule is CCN(CC)CCCNCC1(C)CCCO1. The second-order valence-electron chi connectivity index (χ2n) is 4.96. The van der Waals surface area contributed by atoms with E-state index in [1.807, 2.05) is 0 Å². The van der Waals surface area contributed by atoms with Crippen molar-refractivity contribution in [1.29, 1.82) is 0 Å². The van der Waals surface area contributed by atoms with Crippen LogP contribution in [0.15, 0.2) is 0 Å². The molecule has 3 nitrogen and oxygen atoms in total. The van der Waals surface area contributed by atoms with E-state index in [1.54, 1.807) is 0 Å². The summed E-state index contributed by atoms with van der Waals surface area (Å²) in [5, 5.41) is 3.52. The Balaban J connectivity index is 1.99. The van der Waals surface area contributed by atoms with Crippen LogP contribution in [0.1, 0.15) is 40.0 Å². The van der Waals surface area contributed by atoms with Crippen LogP contribution in [0.3, 0.4) is 0 Å². The molecular weight excluding hydrogens is 200 g/mol. The second kappa shape index (κ2) is 7.25. The van der Waals surface area contributed by atoms with Crippen molar-refractivity contribution in [3.05, 3.63) is 0 Å². The van der Waals surface area contributed by atoms with Crippen LogP contribution in [0.25, 0.3) is 0 Å². The lowest BCUT2D eigenvalue weighted by Crippen LogP contribution is -2.38. The van der Waals surface area contributed by atoms with E-state index >= 15 is 0 Å². The normalized spacial score (nSPS) is 25.5. The summed E-state index contributed by atoms with van der Waals surface area (Å²) in [6.07, 6.45) is 3.66. The minimum Gasteiger partial charge on any atom is -0.374 e. The molecule has 0 aromatic rings. The molecule has 1 saturated heterocycles. The lowest BCUT2D eigenvalue weighted by Gasteiger charge is -2.24. The summed E-state index contributed by atoms with van der Waals surface area (Å²) in [4.78, 5) is 2.47. The molecule has 1 N–H and O–H groups in total. The summed E-state index contributed by atoms with van der Waals surface area (Å²) < 4.78 is 5.74. The van der Waals surface area contributed by atoms with Crippen molar-refractivity contribution in [3.63, 3.8) is 0 Å². The molecular formula is C13H28N2O. The maximum Gasteiger partial charge on any atom is 0.0779 e. The Hall–Kier alpha value is -0.120. The predicted octanol–water partition coefficient (Wildman–Crippen LogP) is 1.88. The molecule has 0 aromatic heterocycles. The molecule has 96 valence electrons. The fourth-order valence-corrected chi connectivity index (χ4v) is 2.30. The zero-order valence-electron chi connectivity index (χ0n) is 11.2. The summed E-state index contributed by atoms with van der Waals surface area (Å²) in [5.41, 5.74) is 0.106. The van der Waals surface area contributed by atoms with Crippen LogP contribution in [0.5, 0.6) is 0 Å². The van der Waals surface area contributed by atoms with Gasteiger partial charge in [-0.2, -0.15) is 0 Å². The van der Waals surface area contributed by atoms with E-state index in [1.165, 1.54) is 25.8 Å². The van der Waals surface area contributed by atoms with Gasteiger partial charge in [-0.3, -0.25) is 0 Å². The fraction of sp³-hybridized carbons (Fsp3) is 1.00. The van der Waals surface area contributed by atoms with E-state index in [9.17, 15) is 0 Å². The van der Waals surface area contributed by atoms with Gasteiger partial charge < -0.3 is 15.0 Å². The van der Waals surface area contributed by atoms with Gasteiger partial charge in [-0.05, 0) is 52.4 Å². The second-order valence-corrected chi connectivity index (χ2v) is 4.96. The Morgan fingerprint density at radius 2 is 2.06 bits per heavy atom. The molecule has 0 spiro atoms. The molecule has 1 rings (SSSR count). The smallest absolute Gasteiger partial charge is 0.0779 e. The average molecular weight is 228 g/mol. The number of nitrogens with zero attached hydrogens (tertiary/aromatic N) is 1. The Morgan fingerprint density at radius 1 is 1.31 bits per heavy atom. The van der Waals surface area contributed by atoms with Crippen LogP contribution < -0.4 is 5.32 Å². The van der Waals surface area contributed by atoms with Gasteiger partial charge in [0.25, 0.3) is 0 Å².